The number of thioether (sulfide) groups is 1. The van der Waals surface area contributed by atoms with Gasteiger partial charge in [-0.1, -0.05) is 59.4 Å². The topological polar surface area (TPSA) is 58.1 Å². The first-order valence-electron chi connectivity index (χ1n) is 6.32. The minimum Gasteiger partial charge on any atom is -0.333 e. The second-order valence-electron chi connectivity index (χ2n) is 4.40. The van der Waals surface area contributed by atoms with Gasteiger partial charge in [-0.15, -0.1) is 0 Å². The van der Waals surface area contributed by atoms with E-state index < -0.39 is 0 Å². The smallest absolute Gasteiger partial charge is 0.166 e. The van der Waals surface area contributed by atoms with Crippen molar-refractivity contribution in [3.8, 4) is 0 Å². The summed E-state index contributed by atoms with van der Waals surface area (Å²) >= 11 is 1.51. The number of rotatable bonds is 5. The molecule has 0 saturated carbocycles. The van der Waals surface area contributed by atoms with E-state index in [9.17, 15) is 4.91 Å². The number of imidazole rings is 1. The van der Waals surface area contributed by atoms with Gasteiger partial charge in [0.2, 0.25) is 0 Å². The van der Waals surface area contributed by atoms with Gasteiger partial charge in [-0.2, -0.15) is 4.91 Å². The van der Waals surface area contributed by atoms with E-state index in [1.165, 1.54) is 11.8 Å². The molecular formula is C15H13N3OS. The lowest BCUT2D eigenvalue weighted by atomic mass is 10.1. The predicted octanol–water partition coefficient (Wildman–Crippen LogP) is 4.16. The summed E-state index contributed by atoms with van der Waals surface area (Å²) in [6.45, 7) is 0. The molecule has 1 aromatic heterocycles. The largest absolute Gasteiger partial charge is 0.333 e. The van der Waals surface area contributed by atoms with Crippen LogP contribution in [0.3, 0.4) is 0 Å². The van der Waals surface area contributed by atoms with Crippen LogP contribution < -0.4 is 0 Å². The Kier molecular flexibility index (Phi) is 3.78. The summed E-state index contributed by atoms with van der Waals surface area (Å²) in [5, 5.41) is 4.03. The van der Waals surface area contributed by atoms with Crippen LogP contribution in [0.15, 0.2) is 64.9 Å². The van der Waals surface area contributed by atoms with E-state index in [-0.39, 0.29) is 6.04 Å². The molecular weight excluding hydrogens is 270 g/mol. The Morgan fingerprint density at radius 1 is 1.10 bits per heavy atom. The van der Waals surface area contributed by atoms with Crippen molar-refractivity contribution in [1.82, 2.24) is 9.97 Å². The van der Waals surface area contributed by atoms with Crippen molar-refractivity contribution < 1.29 is 0 Å². The van der Waals surface area contributed by atoms with Crippen LogP contribution in [-0.4, -0.2) is 15.7 Å². The van der Waals surface area contributed by atoms with Gasteiger partial charge < -0.3 is 4.98 Å². The Balaban J connectivity index is 1.73. The fourth-order valence-corrected chi connectivity index (χ4v) is 2.93. The average molecular weight is 283 g/mol. The van der Waals surface area contributed by atoms with Gasteiger partial charge in [0.25, 0.3) is 0 Å². The Morgan fingerprint density at radius 3 is 2.60 bits per heavy atom. The highest BCUT2D eigenvalue weighted by atomic mass is 32.2. The fraction of sp³-hybridized carbons (Fsp3) is 0.133. The highest BCUT2D eigenvalue weighted by molar-refractivity contribution is 7.99. The molecule has 1 unspecified atom stereocenters. The van der Waals surface area contributed by atoms with Crippen molar-refractivity contribution >= 4 is 22.8 Å². The monoisotopic (exact) mass is 283 g/mol. The van der Waals surface area contributed by atoms with E-state index in [1.54, 1.807) is 0 Å². The number of para-hydroxylation sites is 2. The molecule has 0 fully saturated rings. The molecule has 20 heavy (non-hydrogen) atoms. The molecule has 0 amide bonds. The van der Waals surface area contributed by atoms with Crippen molar-refractivity contribution in [1.29, 1.82) is 0 Å². The van der Waals surface area contributed by atoms with Crippen LogP contribution >= 0.6 is 11.8 Å². The Labute approximate surface area is 120 Å². The van der Waals surface area contributed by atoms with Crippen molar-refractivity contribution in [3.05, 3.63) is 65.1 Å². The zero-order valence-electron chi connectivity index (χ0n) is 10.7. The molecule has 0 saturated heterocycles. The SMILES string of the molecule is O=NC(CSc1nc2ccccc2[nH]1)c1ccccc1. The van der Waals surface area contributed by atoms with E-state index in [1.807, 2.05) is 54.6 Å². The van der Waals surface area contributed by atoms with E-state index in [4.69, 9.17) is 0 Å². The third-order valence-corrected chi connectivity index (χ3v) is 4.01. The van der Waals surface area contributed by atoms with Crippen molar-refractivity contribution in [2.24, 2.45) is 5.18 Å². The zero-order chi connectivity index (χ0) is 13.8. The quantitative estimate of drug-likeness (QED) is 0.565. The minimum atomic E-state index is -0.352. The van der Waals surface area contributed by atoms with Gasteiger partial charge >= 0.3 is 0 Å². The van der Waals surface area contributed by atoms with Gasteiger partial charge in [0.05, 0.1) is 11.0 Å². The number of aromatic amines is 1. The number of H-pyrrole nitrogens is 1. The van der Waals surface area contributed by atoms with E-state index in [0.717, 1.165) is 21.8 Å². The maximum Gasteiger partial charge on any atom is 0.166 e. The van der Waals surface area contributed by atoms with Crippen LogP contribution in [0.1, 0.15) is 11.6 Å². The number of benzene rings is 2. The van der Waals surface area contributed by atoms with Gasteiger partial charge in [0.15, 0.2) is 5.16 Å². The zero-order valence-corrected chi connectivity index (χ0v) is 11.5. The van der Waals surface area contributed by atoms with Crippen molar-refractivity contribution in [2.45, 2.75) is 11.2 Å². The summed E-state index contributed by atoms with van der Waals surface area (Å²) < 4.78 is 0. The summed E-state index contributed by atoms with van der Waals surface area (Å²) in [6, 6.07) is 17.1. The Bertz CT molecular complexity index is 678. The molecule has 1 heterocycles. The molecule has 3 aromatic rings. The normalized spacial score (nSPS) is 12.4. The average Bonchev–Trinajstić information content (AvgIpc) is 2.92. The first-order valence-corrected chi connectivity index (χ1v) is 7.30. The molecule has 0 spiro atoms. The van der Waals surface area contributed by atoms with Crippen LogP contribution in [0, 0.1) is 4.91 Å². The molecule has 2 aromatic carbocycles. The lowest BCUT2D eigenvalue weighted by molar-refractivity contribution is 0.822. The van der Waals surface area contributed by atoms with Crippen LogP contribution in [0.2, 0.25) is 0 Å². The van der Waals surface area contributed by atoms with E-state index in [0.29, 0.717) is 5.75 Å². The summed E-state index contributed by atoms with van der Waals surface area (Å²) in [4.78, 5) is 18.7. The number of nitrogens with zero attached hydrogens (tertiary/aromatic N) is 2. The highest BCUT2D eigenvalue weighted by Gasteiger charge is 2.13. The first kappa shape index (κ1) is 12.9. The van der Waals surface area contributed by atoms with Crippen molar-refractivity contribution in [3.63, 3.8) is 0 Å². The standard InChI is InChI=1S/C15H13N3OS/c19-18-14(11-6-2-1-3-7-11)10-20-15-16-12-8-4-5-9-13(12)17-15/h1-9,14H,10H2,(H,16,17). The highest BCUT2D eigenvalue weighted by Crippen LogP contribution is 2.26. The number of nitroso groups, excluding NO2 is 1. The first-order chi connectivity index (χ1) is 9.86. The van der Waals surface area contributed by atoms with Crippen LogP contribution in [0.5, 0.6) is 0 Å². The van der Waals surface area contributed by atoms with E-state index in [2.05, 4.69) is 15.1 Å². The van der Waals surface area contributed by atoms with Gasteiger partial charge in [0.1, 0.15) is 6.04 Å². The van der Waals surface area contributed by atoms with Gasteiger partial charge in [-0.3, -0.25) is 0 Å². The molecule has 0 bridgehead atoms. The second kappa shape index (κ2) is 5.88. The molecule has 5 heteroatoms. The molecule has 3 rings (SSSR count). The van der Waals surface area contributed by atoms with Crippen LogP contribution in [0.25, 0.3) is 11.0 Å². The summed E-state index contributed by atoms with van der Waals surface area (Å²) in [5.41, 5.74) is 2.88. The van der Waals surface area contributed by atoms with Gasteiger partial charge in [-0.25, -0.2) is 4.98 Å². The molecule has 1 N–H and O–H groups in total. The van der Waals surface area contributed by atoms with Gasteiger partial charge in [0, 0.05) is 5.75 Å². The maximum absolute atomic E-state index is 11.0. The molecule has 1 atom stereocenters. The third-order valence-electron chi connectivity index (χ3n) is 3.06. The molecule has 100 valence electrons. The molecule has 0 aliphatic rings. The lowest BCUT2D eigenvalue weighted by Crippen LogP contribution is -1.98. The number of nitrogens with one attached hydrogen (secondary N) is 1. The molecule has 0 aliphatic heterocycles. The lowest BCUT2D eigenvalue weighted by Gasteiger charge is -2.07. The summed E-state index contributed by atoms with van der Waals surface area (Å²) in [6.07, 6.45) is 0. The molecule has 4 nitrogen and oxygen atoms in total. The molecule has 0 aliphatic carbocycles. The number of hydrogen-bond acceptors (Lipinski definition) is 4. The predicted molar refractivity (Wildman–Crippen MR) is 81.8 cm³/mol. The Hall–Kier alpha value is -2.14. The molecule has 0 radical (unpaired) electrons. The number of fused-ring (bicyclic) bond motifs is 1. The van der Waals surface area contributed by atoms with Crippen molar-refractivity contribution in [2.75, 3.05) is 5.75 Å². The number of aromatic nitrogens is 2. The number of hydrogen-bond donors (Lipinski definition) is 1. The third kappa shape index (κ3) is 2.72. The Morgan fingerprint density at radius 2 is 1.85 bits per heavy atom. The van der Waals surface area contributed by atoms with E-state index >= 15 is 0 Å². The fourth-order valence-electron chi connectivity index (χ4n) is 2.02. The second-order valence-corrected chi connectivity index (χ2v) is 5.41. The van der Waals surface area contributed by atoms with Crippen LogP contribution in [-0.2, 0) is 0 Å². The van der Waals surface area contributed by atoms with Crippen LogP contribution in [0.4, 0.5) is 0 Å². The summed E-state index contributed by atoms with van der Waals surface area (Å²) in [5.74, 6) is 0.577. The van der Waals surface area contributed by atoms with Gasteiger partial charge in [-0.05, 0) is 17.7 Å². The maximum atomic E-state index is 11.0. The summed E-state index contributed by atoms with van der Waals surface area (Å²) in [7, 11) is 0. The minimum absolute atomic E-state index is 0.352.